The number of anilines is 1. The van der Waals surface area contributed by atoms with Crippen LogP contribution in [-0.2, 0) is 4.79 Å². The van der Waals surface area contributed by atoms with E-state index < -0.39 is 0 Å². The zero-order chi connectivity index (χ0) is 20.2. The number of hydrogen-bond acceptors (Lipinski definition) is 6. The largest absolute Gasteiger partial charge is 0.497 e. The second-order valence-electron chi connectivity index (χ2n) is 8.29. The highest BCUT2D eigenvalue weighted by molar-refractivity contribution is 5.79. The summed E-state index contributed by atoms with van der Waals surface area (Å²) in [5.74, 6) is 2.04. The highest BCUT2D eigenvalue weighted by Crippen LogP contribution is 2.27. The lowest BCUT2D eigenvalue weighted by molar-refractivity contribution is -0.126. The third kappa shape index (κ3) is 4.54. The minimum absolute atomic E-state index is 0.0331. The number of carbonyl (C=O) groups excluding carboxylic acids is 1. The molecule has 1 aromatic heterocycles. The number of nitrogens with zero attached hydrogens (tertiary/aromatic N) is 3. The van der Waals surface area contributed by atoms with Crippen LogP contribution in [0.4, 0.5) is 6.01 Å². The quantitative estimate of drug-likeness (QED) is 0.828. The SMILES string of the molecule is COc1ccc(-c2noc(N3CCCC(C(=O)NC4CCCCC4C)C3)n2)cc1. The van der Waals surface area contributed by atoms with Crippen molar-refractivity contribution in [1.82, 2.24) is 15.5 Å². The molecule has 2 aromatic rings. The minimum Gasteiger partial charge on any atom is -0.497 e. The van der Waals surface area contributed by atoms with E-state index in [2.05, 4.69) is 22.4 Å². The van der Waals surface area contributed by atoms with Crippen LogP contribution in [0.2, 0.25) is 0 Å². The van der Waals surface area contributed by atoms with Gasteiger partial charge in [-0.25, -0.2) is 0 Å². The van der Waals surface area contributed by atoms with Crippen LogP contribution >= 0.6 is 0 Å². The lowest BCUT2D eigenvalue weighted by Gasteiger charge is -2.34. The van der Waals surface area contributed by atoms with Gasteiger partial charge in [-0.1, -0.05) is 24.9 Å². The second kappa shape index (κ2) is 8.84. The zero-order valence-electron chi connectivity index (χ0n) is 17.3. The maximum atomic E-state index is 12.9. The number of amides is 1. The molecule has 0 bridgehead atoms. The van der Waals surface area contributed by atoms with E-state index in [0.717, 1.165) is 37.1 Å². The number of nitrogens with one attached hydrogen (secondary N) is 1. The third-order valence-electron chi connectivity index (χ3n) is 6.27. The van der Waals surface area contributed by atoms with Gasteiger partial charge in [0.2, 0.25) is 11.7 Å². The Morgan fingerprint density at radius 3 is 2.72 bits per heavy atom. The fourth-order valence-electron chi connectivity index (χ4n) is 4.40. The van der Waals surface area contributed by atoms with E-state index in [9.17, 15) is 4.79 Å². The van der Waals surface area contributed by atoms with E-state index in [1.165, 1.54) is 19.3 Å². The van der Waals surface area contributed by atoms with Crippen molar-refractivity contribution in [3.05, 3.63) is 24.3 Å². The number of carbonyl (C=O) groups is 1. The molecule has 2 fully saturated rings. The number of piperidine rings is 1. The molecule has 2 heterocycles. The molecule has 3 unspecified atom stereocenters. The number of hydrogen-bond donors (Lipinski definition) is 1. The smallest absolute Gasteiger partial charge is 0.324 e. The van der Waals surface area contributed by atoms with Crippen molar-refractivity contribution in [2.24, 2.45) is 11.8 Å². The van der Waals surface area contributed by atoms with E-state index in [1.54, 1.807) is 7.11 Å². The van der Waals surface area contributed by atoms with Gasteiger partial charge in [0, 0.05) is 24.7 Å². The molecule has 2 aliphatic rings. The Bertz CT molecular complexity index is 820. The van der Waals surface area contributed by atoms with Crippen LogP contribution in [-0.4, -0.2) is 42.3 Å². The van der Waals surface area contributed by atoms with Crippen LogP contribution in [0.3, 0.4) is 0 Å². The highest BCUT2D eigenvalue weighted by Gasteiger charge is 2.31. The summed E-state index contributed by atoms with van der Waals surface area (Å²) in [5, 5.41) is 7.43. The van der Waals surface area contributed by atoms with Crippen LogP contribution < -0.4 is 15.0 Å². The molecule has 7 nitrogen and oxygen atoms in total. The van der Waals surface area contributed by atoms with E-state index in [1.807, 2.05) is 29.2 Å². The van der Waals surface area contributed by atoms with Crippen LogP contribution in [0.15, 0.2) is 28.8 Å². The van der Waals surface area contributed by atoms with E-state index in [0.29, 0.717) is 30.3 Å². The minimum atomic E-state index is -0.0331. The van der Waals surface area contributed by atoms with Crippen molar-refractivity contribution in [1.29, 1.82) is 0 Å². The molecule has 1 N–H and O–H groups in total. The molecular weight excluding hydrogens is 368 g/mol. The number of ether oxygens (including phenoxy) is 1. The first kappa shape index (κ1) is 19.7. The molecule has 1 amide bonds. The second-order valence-corrected chi connectivity index (χ2v) is 8.29. The number of benzene rings is 1. The van der Waals surface area contributed by atoms with Gasteiger partial charge in [-0.3, -0.25) is 4.79 Å². The van der Waals surface area contributed by atoms with Gasteiger partial charge in [0.05, 0.1) is 13.0 Å². The summed E-state index contributed by atoms with van der Waals surface area (Å²) in [6.45, 7) is 3.70. The summed E-state index contributed by atoms with van der Waals surface area (Å²) in [6, 6.07) is 8.37. The van der Waals surface area contributed by atoms with Gasteiger partial charge in [-0.2, -0.15) is 4.98 Å². The van der Waals surface area contributed by atoms with Crippen LogP contribution in [0.5, 0.6) is 5.75 Å². The fourth-order valence-corrected chi connectivity index (χ4v) is 4.40. The molecule has 1 aliphatic heterocycles. The number of rotatable bonds is 5. The topological polar surface area (TPSA) is 80.5 Å². The average Bonchev–Trinajstić information content (AvgIpc) is 3.26. The van der Waals surface area contributed by atoms with Gasteiger partial charge in [-0.15, -0.1) is 0 Å². The summed E-state index contributed by atoms with van der Waals surface area (Å²) in [4.78, 5) is 19.5. The van der Waals surface area contributed by atoms with Gasteiger partial charge in [-0.05, 0) is 55.9 Å². The van der Waals surface area contributed by atoms with Gasteiger partial charge < -0.3 is 19.5 Å². The fraction of sp³-hybridized carbons (Fsp3) is 0.591. The third-order valence-corrected chi connectivity index (χ3v) is 6.27. The van der Waals surface area contributed by atoms with Gasteiger partial charge >= 0.3 is 6.01 Å². The molecule has 29 heavy (non-hydrogen) atoms. The Morgan fingerprint density at radius 1 is 1.17 bits per heavy atom. The van der Waals surface area contributed by atoms with E-state index >= 15 is 0 Å². The molecule has 1 saturated carbocycles. The predicted molar refractivity (Wildman–Crippen MR) is 111 cm³/mol. The average molecular weight is 399 g/mol. The van der Waals surface area contributed by atoms with Crippen molar-refractivity contribution >= 4 is 11.9 Å². The van der Waals surface area contributed by atoms with Crippen molar-refractivity contribution < 1.29 is 14.1 Å². The summed E-state index contributed by atoms with van der Waals surface area (Å²) < 4.78 is 10.7. The monoisotopic (exact) mass is 398 g/mol. The first-order valence-corrected chi connectivity index (χ1v) is 10.7. The van der Waals surface area contributed by atoms with Gasteiger partial charge in [0.15, 0.2) is 0 Å². The Hall–Kier alpha value is -2.57. The van der Waals surface area contributed by atoms with Crippen LogP contribution in [0.25, 0.3) is 11.4 Å². The first-order valence-electron chi connectivity index (χ1n) is 10.7. The van der Waals surface area contributed by atoms with Crippen LogP contribution in [0, 0.1) is 11.8 Å². The Balaban J connectivity index is 1.39. The molecule has 1 aliphatic carbocycles. The molecule has 0 spiro atoms. The lowest BCUT2D eigenvalue weighted by Crippen LogP contribution is -2.48. The molecule has 1 saturated heterocycles. The summed E-state index contributed by atoms with van der Waals surface area (Å²) in [5.41, 5.74) is 0.874. The molecule has 0 radical (unpaired) electrons. The van der Waals surface area contributed by atoms with E-state index in [4.69, 9.17) is 9.26 Å². The summed E-state index contributed by atoms with van der Waals surface area (Å²) >= 11 is 0. The highest BCUT2D eigenvalue weighted by atomic mass is 16.5. The molecule has 3 atom stereocenters. The molecule has 4 rings (SSSR count). The Labute approximate surface area is 171 Å². The Morgan fingerprint density at radius 2 is 1.97 bits per heavy atom. The standard InChI is InChI=1S/C22H30N4O3/c1-15-6-3-4-8-19(15)23-21(27)17-7-5-13-26(14-17)22-24-20(25-29-22)16-9-11-18(28-2)12-10-16/h9-12,15,17,19H,3-8,13-14H2,1-2H3,(H,23,27). The maximum Gasteiger partial charge on any atom is 0.324 e. The van der Waals surface area contributed by atoms with Crippen molar-refractivity contribution in [2.45, 2.75) is 51.5 Å². The molecule has 7 heteroatoms. The van der Waals surface area contributed by atoms with Crippen molar-refractivity contribution in [3.8, 4) is 17.1 Å². The molecule has 156 valence electrons. The predicted octanol–water partition coefficient (Wildman–Crippen LogP) is 3.66. The van der Waals surface area contributed by atoms with Crippen molar-refractivity contribution in [3.63, 3.8) is 0 Å². The number of methoxy groups -OCH3 is 1. The zero-order valence-corrected chi connectivity index (χ0v) is 17.3. The molecule has 1 aromatic carbocycles. The van der Waals surface area contributed by atoms with Crippen molar-refractivity contribution in [2.75, 3.05) is 25.1 Å². The lowest BCUT2D eigenvalue weighted by atomic mass is 9.85. The Kier molecular flexibility index (Phi) is 6.02. The summed E-state index contributed by atoms with van der Waals surface area (Å²) in [6.07, 6.45) is 6.64. The number of aromatic nitrogens is 2. The first-order chi connectivity index (χ1) is 14.1. The maximum absolute atomic E-state index is 12.9. The summed E-state index contributed by atoms with van der Waals surface area (Å²) in [7, 11) is 1.64. The van der Waals surface area contributed by atoms with Gasteiger partial charge in [0.25, 0.3) is 0 Å². The normalized spacial score (nSPS) is 24.9. The van der Waals surface area contributed by atoms with Crippen LogP contribution in [0.1, 0.15) is 45.4 Å². The molecular formula is C22H30N4O3. The van der Waals surface area contributed by atoms with Gasteiger partial charge in [0.1, 0.15) is 5.75 Å². The van der Waals surface area contributed by atoms with E-state index in [-0.39, 0.29) is 11.8 Å².